The van der Waals surface area contributed by atoms with Gasteiger partial charge in [0.25, 0.3) is 0 Å². The minimum Gasteiger partial charge on any atom is -0.349 e. The van der Waals surface area contributed by atoms with Gasteiger partial charge in [-0.05, 0) is 42.5 Å². The van der Waals surface area contributed by atoms with Crippen LogP contribution < -0.4 is 5.32 Å². The van der Waals surface area contributed by atoms with Crippen molar-refractivity contribution < 1.29 is 4.79 Å². The number of nitrogens with zero attached hydrogens (tertiary/aromatic N) is 1. The van der Waals surface area contributed by atoms with Gasteiger partial charge in [0.05, 0.1) is 22.3 Å². The Labute approximate surface area is 151 Å². The highest BCUT2D eigenvalue weighted by molar-refractivity contribution is 7.99. The van der Waals surface area contributed by atoms with Crippen LogP contribution in [-0.4, -0.2) is 16.6 Å². The number of nitrogens with one attached hydrogen (secondary N) is 1. The Morgan fingerprint density at radius 1 is 1.08 bits per heavy atom. The molecule has 0 aliphatic heterocycles. The molecular formula is C21H20N2OS. The SMILES string of the molecule is O=C(CSc1ccc2ccccc2n1)N[C@H]1CCCc2ccccc21. The van der Waals surface area contributed by atoms with Crippen LogP contribution in [0.3, 0.4) is 0 Å². The number of benzene rings is 2. The third-order valence-corrected chi connectivity index (χ3v) is 5.56. The van der Waals surface area contributed by atoms with Crippen molar-refractivity contribution in [3.8, 4) is 0 Å². The van der Waals surface area contributed by atoms with E-state index in [1.807, 2.05) is 30.3 Å². The molecule has 0 spiro atoms. The van der Waals surface area contributed by atoms with Crippen LogP contribution in [0, 0.1) is 0 Å². The molecule has 25 heavy (non-hydrogen) atoms. The lowest BCUT2D eigenvalue weighted by molar-refractivity contribution is -0.119. The topological polar surface area (TPSA) is 42.0 Å². The van der Waals surface area contributed by atoms with Crippen molar-refractivity contribution in [1.29, 1.82) is 0 Å². The van der Waals surface area contributed by atoms with Crippen LogP contribution in [0.4, 0.5) is 0 Å². The second kappa shape index (κ2) is 7.28. The third-order valence-electron chi connectivity index (χ3n) is 4.63. The normalized spacial score (nSPS) is 16.4. The molecule has 0 radical (unpaired) electrons. The summed E-state index contributed by atoms with van der Waals surface area (Å²) in [5.74, 6) is 0.464. The average molecular weight is 348 g/mol. The lowest BCUT2D eigenvalue weighted by atomic mass is 9.88. The van der Waals surface area contributed by atoms with E-state index in [1.54, 1.807) is 0 Å². The van der Waals surface area contributed by atoms with E-state index in [-0.39, 0.29) is 11.9 Å². The summed E-state index contributed by atoms with van der Waals surface area (Å²) in [6.45, 7) is 0. The second-order valence-corrected chi connectivity index (χ2v) is 7.34. The Bertz CT molecular complexity index is 909. The standard InChI is InChI=1S/C21H20N2OS/c24-20(22-19-11-5-8-15-6-1-3-9-17(15)19)14-25-21-13-12-16-7-2-4-10-18(16)23-21/h1-4,6-7,9-10,12-13,19H,5,8,11,14H2,(H,22,24)/t19-/m0/s1. The van der Waals surface area contributed by atoms with Crippen LogP contribution in [0.1, 0.15) is 30.0 Å². The molecule has 1 heterocycles. The first-order valence-electron chi connectivity index (χ1n) is 8.65. The zero-order valence-corrected chi connectivity index (χ0v) is 14.8. The maximum absolute atomic E-state index is 12.4. The Kier molecular flexibility index (Phi) is 4.70. The number of rotatable bonds is 4. The molecule has 3 aromatic rings. The fourth-order valence-corrected chi connectivity index (χ4v) is 4.10. The molecule has 1 atom stereocenters. The van der Waals surface area contributed by atoms with Gasteiger partial charge >= 0.3 is 0 Å². The van der Waals surface area contributed by atoms with Crippen molar-refractivity contribution in [2.24, 2.45) is 0 Å². The van der Waals surface area contributed by atoms with E-state index in [2.05, 4.69) is 40.6 Å². The van der Waals surface area contributed by atoms with Gasteiger partial charge in [0.2, 0.25) is 5.91 Å². The quantitative estimate of drug-likeness (QED) is 0.705. The van der Waals surface area contributed by atoms with E-state index in [4.69, 9.17) is 0 Å². The molecule has 1 aromatic heterocycles. The van der Waals surface area contributed by atoms with Crippen LogP contribution in [-0.2, 0) is 11.2 Å². The number of carbonyl (C=O) groups excluding carboxylic acids is 1. The van der Waals surface area contributed by atoms with Gasteiger partial charge in [-0.25, -0.2) is 4.98 Å². The van der Waals surface area contributed by atoms with Crippen LogP contribution in [0.5, 0.6) is 0 Å². The highest BCUT2D eigenvalue weighted by atomic mass is 32.2. The van der Waals surface area contributed by atoms with Crippen molar-refractivity contribution in [3.05, 3.63) is 71.8 Å². The van der Waals surface area contributed by atoms with Gasteiger partial charge in [0, 0.05) is 5.39 Å². The number of aromatic nitrogens is 1. The molecule has 2 aromatic carbocycles. The predicted molar refractivity (Wildman–Crippen MR) is 103 cm³/mol. The first kappa shape index (κ1) is 16.2. The van der Waals surface area contributed by atoms with E-state index in [0.717, 1.165) is 35.2 Å². The Morgan fingerprint density at radius 2 is 1.92 bits per heavy atom. The van der Waals surface area contributed by atoms with Crippen molar-refractivity contribution in [3.63, 3.8) is 0 Å². The number of carbonyl (C=O) groups is 1. The fourth-order valence-electron chi connectivity index (χ4n) is 3.41. The summed E-state index contributed by atoms with van der Waals surface area (Å²) in [6.07, 6.45) is 3.25. The Morgan fingerprint density at radius 3 is 2.88 bits per heavy atom. The smallest absolute Gasteiger partial charge is 0.230 e. The summed E-state index contributed by atoms with van der Waals surface area (Å²) in [4.78, 5) is 17.0. The van der Waals surface area contributed by atoms with Gasteiger partial charge in [-0.15, -0.1) is 0 Å². The summed E-state index contributed by atoms with van der Waals surface area (Å²) < 4.78 is 0. The van der Waals surface area contributed by atoms with E-state index in [0.29, 0.717) is 5.75 Å². The highest BCUT2D eigenvalue weighted by Crippen LogP contribution is 2.29. The van der Waals surface area contributed by atoms with Crippen molar-refractivity contribution in [2.75, 3.05) is 5.75 Å². The molecule has 0 bridgehead atoms. The number of thioether (sulfide) groups is 1. The van der Waals surface area contributed by atoms with Gasteiger partial charge in [-0.3, -0.25) is 4.79 Å². The van der Waals surface area contributed by atoms with Gasteiger partial charge in [0.1, 0.15) is 0 Å². The summed E-state index contributed by atoms with van der Waals surface area (Å²) in [7, 11) is 0. The lowest BCUT2D eigenvalue weighted by Crippen LogP contribution is -2.32. The summed E-state index contributed by atoms with van der Waals surface area (Å²) in [5, 5.41) is 5.20. The van der Waals surface area contributed by atoms with Gasteiger partial charge in [-0.1, -0.05) is 60.3 Å². The second-order valence-electron chi connectivity index (χ2n) is 6.34. The molecule has 3 nitrogen and oxygen atoms in total. The maximum Gasteiger partial charge on any atom is 0.230 e. The van der Waals surface area contributed by atoms with Crippen molar-refractivity contribution >= 4 is 28.6 Å². The summed E-state index contributed by atoms with van der Waals surface area (Å²) in [6, 6.07) is 20.6. The van der Waals surface area contributed by atoms with Crippen LogP contribution in [0.2, 0.25) is 0 Å². The number of hydrogen-bond donors (Lipinski definition) is 1. The largest absolute Gasteiger partial charge is 0.349 e. The zero-order valence-electron chi connectivity index (χ0n) is 13.9. The molecule has 1 amide bonds. The van der Waals surface area contributed by atoms with Gasteiger partial charge < -0.3 is 5.32 Å². The summed E-state index contributed by atoms with van der Waals surface area (Å²) >= 11 is 1.49. The molecule has 0 unspecified atom stereocenters. The maximum atomic E-state index is 12.4. The van der Waals surface area contributed by atoms with Crippen LogP contribution in [0.25, 0.3) is 10.9 Å². The van der Waals surface area contributed by atoms with Crippen LogP contribution >= 0.6 is 11.8 Å². The number of amides is 1. The first-order chi connectivity index (χ1) is 12.3. The molecule has 0 fully saturated rings. The minimum atomic E-state index is 0.0710. The summed E-state index contributed by atoms with van der Waals surface area (Å²) in [5.41, 5.74) is 3.60. The number of para-hydroxylation sites is 1. The number of pyridine rings is 1. The van der Waals surface area contributed by atoms with E-state index < -0.39 is 0 Å². The minimum absolute atomic E-state index is 0.0710. The first-order valence-corrected chi connectivity index (χ1v) is 9.64. The third kappa shape index (κ3) is 3.69. The number of hydrogen-bond acceptors (Lipinski definition) is 3. The number of fused-ring (bicyclic) bond motifs is 2. The molecule has 1 N–H and O–H groups in total. The van der Waals surface area contributed by atoms with E-state index >= 15 is 0 Å². The molecule has 0 saturated carbocycles. The molecule has 4 heteroatoms. The van der Waals surface area contributed by atoms with Crippen molar-refractivity contribution in [2.45, 2.75) is 30.3 Å². The van der Waals surface area contributed by atoms with Crippen molar-refractivity contribution in [1.82, 2.24) is 10.3 Å². The molecular weight excluding hydrogens is 328 g/mol. The highest BCUT2D eigenvalue weighted by Gasteiger charge is 2.21. The van der Waals surface area contributed by atoms with E-state index in [9.17, 15) is 4.79 Å². The Hall–Kier alpha value is -2.33. The molecule has 4 rings (SSSR count). The Balaban J connectivity index is 1.39. The molecule has 1 aliphatic carbocycles. The van der Waals surface area contributed by atoms with Gasteiger partial charge in [0.15, 0.2) is 0 Å². The lowest BCUT2D eigenvalue weighted by Gasteiger charge is -2.26. The molecule has 1 aliphatic rings. The monoisotopic (exact) mass is 348 g/mol. The van der Waals surface area contributed by atoms with E-state index in [1.165, 1.54) is 22.9 Å². The van der Waals surface area contributed by atoms with Crippen LogP contribution in [0.15, 0.2) is 65.7 Å². The molecule has 126 valence electrons. The number of aryl methyl sites for hydroxylation is 1. The fraction of sp³-hybridized carbons (Fsp3) is 0.238. The van der Waals surface area contributed by atoms with Gasteiger partial charge in [-0.2, -0.15) is 0 Å². The molecule has 0 saturated heterocycles. The average Bonchev–Trinajstić information content (AvgIpc) is 2.66. The predicted octanol–water partition coefficient (Wildman–Crippen LogP) is 4.52. The zero-order chi connectivity index (χ0) is 17.1.